The fourth-order valence-corrected chi connectivity index (χ4v) is 6.31. The molecule has 180 valence electrons. The quantitative estimate of drug-likeness (QED) is 0.519. The summed E-state index contributed by atoms with van der Waals surface area (Å²) < 4.78 is 13.0. The van der Waals surface area contributed by atoms with Gasteiger partial charge in [0.25, 0.3) is 0 Å². The van der Waals surface area contributed by atoms with E-state index in [1.165, 1.54) is 6.42 Å². The summed E-state index contributed by atoms with van der Waals surface area (Å²) in [5.41, 5.74) is 0.777. The minimum Gasteiger partial charge on any atom is -0.465 e. The fraction of sp³-hybridized carbons (Fsp3) is 0.680. The molecule has 1 unspecified atom stereocenters. The first-order chi connectivity index (χ1) is 15.5. The molecule has 1 aromatic carbocycles. The Balaban J connectivity index is 1.49. The molecule has 33 heavy (non-hydrogen) atoms. The number of carbonyl (C=O) groups excluding carboxylic acids is 1. The van der Waals surface area contributed by atoms with Crippen LogP contribution < -0.4 is 10.6 Å². The van der Waals surface area contributed by atoms with Crippen LogP contribution in [-0.2, 0) is 20.5 Å². The first kappa shape index (κ1) is 24.1. The van der Waals surface area contributed by atoms with Crippen molar-refractivity contribution in [3.63, 3.8) is 0 Å². The Morgan fingerprint density at radius 3 is 2.45 bits per heavy atom. The number of hydrogen-bond acceptors (Lipinski definition) is 4. The molecule has 3 N–H and O–H groups in total. The van der Waals surface area contributed by atoms with E-state index in [9.17, 15) is 14.7 Å². The minimum absolute atomic E-state index is 0.0306. The molecular formula is C25H37BN2O5. The SMILES string of the molecule is CC(C)C[C@@H](NC(=O)C(Cc1ccccc1)NC(=O)O)B1O[C@H]2C[C@@H]3C[C@@H](C3(C)C)[C@]2(C)O1. The second kappa shape index (κ2) is 8.95. The van der Waals surface area contributed by atoms with E-state index >= 15 is 0 Å². The Labute approximate surface area is 197 Å². The topological polar surface area (TPSA) is 96.9 Å². The smallest absolute Gasteiger partial charge is 0.465 e. The van der Waals surface area contributed by atoms with Gasteiger partial charge in [-0.1, -0.05) is 58.0 Å². The molecule has 1 saturated heterocycles. The Morgan fingerprint density at radius 1 is 1.15 bits per heavy atom. The average Bonchev–Trinajstić information content (AvgIpc) is 3.10. The monoisotopic (exact) mass is 456 g/mol. The first-order valence-electron chi connectivity index (χ1n) is 12.2. The maximum absolute atomic E-state index is 13.3. The Bertz CT molecular complexity index is 879. The van der Waals surface area contributed by atoms with Gasteiger partial charge in [-0.15, -0.1) is 0 Å². The van der Waals surface area contributed by atoms with Crippen LogP contribution in [0.3, 0.4) is 0 Å². The molecule has 2 amide bonds. The molecule has 1 aliphatic heterocycles. The molecule has 1 aromatic rings. The third-order valence-corrected chi connectivity index (χ3v) is 8.25. The van der Waals surface area contributed by atoms with Crippen LogP contribution in [0.5, 0.6) is 0 Å². The van der Waals surface area contributed by atoms with Crippen LogP contribution in [0.25, 0.3) is 0 Å². The molecule has 3 saturated carbocycles. The highest BCUT2D eigenvalue weighted by Gasteiger charge is 2.68. The summed E-state index contributed by atoms with van der Waals surface area (Å²) in [6.07, 6.45) is 1.91. The second-order valence-electron chi connectivity index (χ2n) is 11.3. The molecule has 0 spiro atoms. The van der Waals surface area contributed by atoms with Gasteiger partial charge in [-0.2, -0.15) is 0 Å². The lowest BCUT2D eigenvalue weighted by Gasteiger charge is -2.64. The van der Waals surface area contributed by atoms with E-state index in [-0.39, 0.29) is 35.4 Å². The zero-order valence-electron chi connectivity index (χ0n) is 20.3. The Hall–Kier alpha value is -2.06. The highest BCUT2D eigenvalue weighted by atomic mass is 16.7. The van der Waals surface area contributed by atoms with E-state index in [2.05, 4.69) is 45.3 Å². The summed E-state index contributed by atoms with van der Waals surface area (Å²) in [6.45, 7) is 11.0. The van der Waals surface area contributed by atoms with Crippen molar-refractivity contribution in [1.29, 1.82) is 0 Å². The van der Waals surface area contributed by atoms with Gasteiger partial charge in [0.2, 0.25) is 5.91 Å². The molecule has 3 aliphatic carbocycles. The van der Waals surface area contributed by atoms with Crippen molar-refractivity contribution in [2.24, 2.45) is 23.2 Å². The third-order valence-electron chi connectivity index (χ3n) is 8.25. The van der Waals surface area contributed by atoms with E-state index < -0.39 is 19.3 Å². The number of carbonyl (C=O) groups is 2. The standard InChI is InChI=1S/C25H37BN2O5/c1-15(2)11-21(26-32-20-14-17-13-19(24(17,3)4)25(20,5)33-26)28-22(29)18(27-23(30)31)12-16-9-7-6-8-10-16/h6-10,15,17-21,27H,11-14H2,1-5H3,(H,28,29)(H,30,31)/t17-,18?,19-,20-,21+,25-/m0/s1. The number of carboxylic acid groups (broad SMARTS) is 1. The molecule has 5 rings (SSSR count). The fourth-order valence-electron chi connectivity index (χ4n) is 6.31. The van der Waals surface area contributed by atoms with Gasteiger partial charge in [0.1, 0.15) is 6.04 Å². The van der Waals surface area contributed by atoms with E-state index in [0.717, 1.165) is 12.0 Å². The lowest BCUT2D eigenvalue weighted by molar-refractivity contribution is -0.199. The molecule has 4 fully saturated rings. The highest BCUT2D eigenvalue weighted by molar-refractivity contribution is 6.47. The van der Waals surface area contributed by atoms with Crippen LogP contribution in [0.2, 0.25) is 0 Å². The first-order valence-corrected chi connectivity index (χ1v) is 12.2. The predicted octanol–water partition coefficient (Wildman–Crippen LogP) is 3.66. The largest absolute Gasteiger partial charge is 0.481 e. The van der Waals surface area contributed by atoms with Crippen LogP contribution in [0.15, 0.2) is 30.3 Å². The zero-order chi connectivity index (χ0) is 24.0. The van der Waals surface area contributed by atoms with E-state index in [1.54, 1.807) is 0 Å². The van der Waals surface area contributed by atoms with Crippen molar-refractivity contribution in [1.82, 2.24) is 10.6 Å². The van der Waals surface area contributed by atoms with Crippen LogP contribution >= 0.6 is 0 Å². The van der Waals surface area contributed by atoms with Crippen LogP contribution in [0, 0.1) is 23.2 Å². The Morgan fingerprint density at radius 2 is 1.85 bits per heavy atom. The van der Waals surface area contributed by atoms with Crippen molar-refractivity contribution < 1.29 is 24.0 Å². The molecule has 4 aliphatic rings. The molecule has 1 heterocycles. The van der Waals surface area contributed by atoms with Crippen molar-refractivity contribution in [3.05, 3.63) is 35.9 Å². The summed E-state index contributed by atoms with van der Waals surface area (Å²) in [7, 11) is -0.538. The van der Waals surface area contributed by atoms with Gasteiger partial charge < -0.3 is 25.0 Å². The Kier molecular flexibility index (Phi) is 6.53. The molecule has 6 atom stereocenters. The van der Waals surface area contributed by atoms with E-state index in [4.69, 9.17) is 9.31 Å². The van der Waals surface area contributed by atoms with Gasteiger partial charge in [-0.05, 0) is 54.9 Å². The summed E-state index contributed by atoms with van der Waals surface area (Å²) in [4.78, 5) is 24.7. The van der Waals surface area contributed by atoms with E-state index in [1.807, 2.05) is 30.3 Å². The molecule has 0 aromatic heterocycles. The number of nitrogens with one attached hydrogen (secondary N) is 2. The molecule has 2 bridgehead atoms. The maximum atomic E-state index is 13.3. The van der Waals surface area contributed by atoms with Gasteiger partial charge in [-0.3, -0.25) is 4.79 Å². The van der Waals surface area contributed by atoms with Gasteiger partial charge in [0, 0.05) is 6.42 Å². The van der Waals surface area contributed by atoms with Crippen LogP contribution in [0.4, 0.5) is 4.79 Å². The molecule has 7 nitrogen and oxygen atoms in total. The lowest BCUT2D eigenvalue weighted by atomic mass is 9.43. The summed E-state index contributed by atoms with van der Waals surface area (Å²) in [5, 5.41) is 14.8. The van der Waals surface area contributed by atoms with Crippen LogP contribution in [-0.4, -0.2) is 47.9 Å². The third kappa shape index (κ3) is 4.65. The number of amides is 2. The highest BCUT2D eigenvalue weighted by Crippen LogP contribution is 2.65. The van der Waals surface area contributed by atoms with Gasteiger partial charge in [0.15, 0.2) is 0 Å². The predicted molar refractivity (Wildman–Crippen MR) is 127 cm³/mol. The summed E-state index contributed by atoms with van der Waals surface area (Å²) >= 11 is 0. The number of benzene rings is 1. The van der Waals surface area contributed by atoms with Gasteiger partial charge in [-0.25, -0.2) is 4.79 Å². The molecule has 0 radical (unpaired) electrons. The number of rotatable bonds is 8. The normalized spacial score (nSPS) is 31.3. The van der Waals surface area contributed by atoms with Crippen molar-refractivity contribution >= 4 is 19.1 Å². The minimum atomic E-state index is -1.22. The van der Waals surface area contributed by atoms with Gasteiger partial charge in [0.05, 0.1) is 17.6 Å². The molecule has 8 heteroatoms. The second-order valence-corrected chi connectivity index (χ2v) is 11.3. The van der Waals surface area contributed by atoms with E-state index in [0.29, 0.717) is 24.2 Å². The maximum Gasteiger partial charge on any atom is 0.481 e. The van der Waals surface area contributed by atoms with Gasteiger partial charge >= 0.3 is 13.2 Å². The number of hydrogen-bond donors (Lipinski definition) is 3. The van der Waals surface area contributed by atoms with Crippen molar-refractivity contribution in [2.75, 3.05) is 0 Å². The molecular weight excluding hydrogens is 419 g/mol. The lowest BCUT2D eigenvalue weighted by Crippen LogP contribution is -2.65. The van der Waals surface area contributed by atoms with Crippen molar-refractivity contribution in [2.45, 2.75) is 84.0 Å². The van der Waals surface area contributed by atoms with Crippen molar-refractivity contribution in [3.8, 4) is 0 Å². The van der Waals surface area contributed by atoms with Crippen LogP contribution in [0.1, 0.15) is 59.4 Å². The summed E-state index contributed by atoms with van der Waals surface area (Å²) in [6, 6.07) is 8.52. The average molecular weight is 456 g/mol. The summed E-state index contributed by atoms with van der Waals surface area (Å²) in [5.74, 6) is 0.686. The zero-order valence-corrected chi connectivity index (χ0v) is 20.3.